The molecule has 0 aromatic heterocycles. The van der Waals surface area contributed by atoms with Gasteiger partial charge in [0.1, 0.15) is 17.7 Å². The summed E-state index contributed by atoms with van der Waals surface area (Å²) in [5.74, 6) is 0.220. The monoisotopic (exact) mass is 298 g/mol. The van der Waals surface area contributed by atoms with Crippen molar-refractivity contribution in [3.05, 3.63) is 28.5 Å². The third kappa shape index (κ3) is 3.10. The van der Waals surface area contributed by atoms with Gasteiger partial charge in [0.2, 0.25) is 0 Å². The lowest BCUT2D eigenvalue weighted by molar-refractivity contribution is 0.125. The summed E-state index contributed by atoms with van der Waals surface area (Å²) in [7, 11) is 0. The smallest absolute Gasteiger partial charge is 0.179 e. The Bertz CT molecular complexity index is 439. The van der Waals surface area contributed by atoms with Crippen LogP contribution in [0.3, 0.4) is 0 Å². The summed E-state index contributed by atoms with van der Waals surface area (Å²) in [6.45, 7) is 1.40. The minimum absolute atomic E-state index is 0.0534. The second kappa shape index (κ2) is 5.37. The van der Waals surface area contributed by atoms with E-state index in [9.17, 15) is 4.39 Å². The fourth-order valence-electron chi connectivity index (χ4n) is 1.82. The molecule has 1 aliphatic rings. The molecule has 1 aliphatic heterocycles. The lowest BCUT2D eigenvalue weighted by Crippen LogP contribution is -2.35. The molecule has 0 amide bonds. The molecular formula is C12H12BrFN2O. The van der Waals surface area contributed by atoms with Gasteiger partial charge in [0.05, 0.1) is 4.47 Å². The van der Waals surface area contributed by atoms with E-state index in [-0.39, 0.29) is 11.9 Å². The number of nitrogens with zero attached hydrogens (tertiary/aromatic N) is 2. The van der Waals surface area contributed by atoms with Crippen molar-refractivity contribution in [2.24, 2.45) is 0 Å². The van der Waals surface area contributed by atoms with Crippen LogP contribution in [-0.2, 0) is 0 Å². The van der Waals surface area contributed by atoms with E-state index in [2.05, 4.69) is 22.1 Å². The minimum atomic E-state index is -0.308. The molecular weight excluding hydrogens is 287 g/mol. The molecule has 17 heavy (non-hydrogen) atoms. The largest absolute Gasteiger partial charge is 0.489 e. The predicted molar refractivity (Wildman–Crippen MR) is 64.9 cm³/mol. The highest BCUT2D eigenvalue weighted by molar-refractivity contribution is 9.10. The molecule has 2 rings (SSSR count). The number of nitriles is 1. The Labute approximate surface area is 108 Å². The average molecular weight is 299 g/mol. The van der Waals surface area contributed by atoms with Gasteiger partial charge < -0.3 is 9.64 Å². The van der Waals surface area contributed by atoms with Crippen molar-refractivity contribution in [1.82, 2.24) is 4.90 Å². The SMILES string of the molecule is N#CN1CCC(Oc2cc(F)ccc2Br)CC1. The first-order valence-corrected chi connectivity index (χ1v) is 6.24. The normalized spacial score (nSPS) is 16.6. The van der Waals surface area contributed by atoms with Crippen LogP contribution in [-0.4, -0.2) is 24.1 Å². The third-order valence-electron chi connectivity index (χ3n) is 2.77. The Morgan fingerprint density at radius 1 is 1.41 bits per heavy atom. The summed E-state index contributed by atoms with van der Waals surface area (Å²) in [4.78, 5) is 1.71. The van der Waals surface area contributed by atoms with Crippen molar-refractivity contribution in [1.29, 1.82) is 5.26 Å². The van der Waals surface area contributed by atoms with Gasteiger partial charge in [-0.2, -0.15) is 5.26 Å². The Kier molecular flexibility index (Phi) is 3.85. The molecule has 1 saturated heterocycles. The van der Waals surface area contributed by atoms with Gasteiger partial charge in [-0.15, -0.1) is 0 Å². The number of likely N-dealkylation sites (tertiary alicyclic amines) is 1. The van der Waals surface area contributed by atoms with Crippen molar-refractivity contribution in [2.75, 3.05) is 13.1 Å². The molecule has 90 valence electrons. The first-order chi connectivity index (χ1) is 8.19. The van der Waals surface area contributed by atoms with E-state index in [1.54, 1.807) is 11.0 Å². The first kappa shape index (κ1) is 12.2. The van der Waals surface area contributed by atoms with Crippen molar-refractivity contribution < 1.29 is 9.13 Å². The van der Waals surface area contributed by atoms with Gasteiger partial charge in [-0.1, -0.05) is 0 Å². The molecule has 0 N–H and O–H groups in total. The molecule has 0 spiro atoms. The van der Waals surface area contributed by atoms with Crippen molar-refractivity contribution in [3.8, 4) is 11.9 Å². The van der Waals surface area contributed by atoms with Crippen LogP contribution in [0.1, 0.15) is 12.8 Å². The maximum atomic E-state index is 13.1. The summed E-state index contributed by atoms with van der Waals surface area (Å²) in [5.41, 5.74) is 0. The molecule has 3 nitrogen and oxygen atoms in total. The van der Waals surface area contributed by atoms with Crippen molar-refractivity contribution >= 4 is 15.9 Å². The summed E-state index contributed by atoms with van der Waals surface area (Å²) in [6, 6.07) is 4.39. The number of hydrogen-bond donors (Lipinski definition) is 0. The molecule has 0 atom stereocenters. The number of halogens is 2. The fourth-order valence-corrected chi connectivity index (χ4v) is 2.16. The van der Waals surface area contributed by atoms with Crippen LogP contribution in [0, 0.1) is 17.3 Å². The van der Waals surface area contributed by atoms with E-state index in [1.807, 2.05) is 0 Å². The van der Waals surface area contributed by atoms with Crippen molar-refractivity contribution in [2.45, 2.75) is 18.9 Å². The van der Waals surface area contributed by atoms with Crippen LogP contribution in [0.15, 0.2) is 22.7 Å². The van der Waals surface area contributed by atoms with Gasteiger partial charge in [-0.05, 0) is 28.1 Å². The van der Waals surface area contributed by atoms with Crippen LogP contribution in [0.4, 0.5) is 4.39 Å². The standard InChI is InChI=1S/C12H12BrFN2O/c13-11-2-1-9(14)7-12(11)17-10-3-5-16(8-15)6-4-10/h1-2,7,10H,3-6H2. The van der Waals surface area contributed by atoms with E-state index in [1.165, 1.54) is 12.1 Å². The third-order valence-corrected chi connectivity index (χ3v) is 3.43. The van der Waals surface area contributed by atoms with Crippen molar-refractivity contribution in [3.63, 3.8) is 0 Å². The number of hydrogen-bond acceptors (Lipinski definition) is 3. The Morgan fingerprint density at radius 3 is 2.76 bits per heavy atom. The minimum Gasteiger partial charge on any atom is -0.489 e. The average Bonchev–Trinajstić information content (AvgIpc) is 2.35. The van der Waals surface area contributed by atoms with Gasteiger partial charge in [-0.3, -0.25) is 0 Å². The van der Waals surface area contributed by atoms with Crippen LogP contribution in [0.25, 0.3) is 0 Å². The predicted octanol–water partition coefficient (Wildman–Crippen LogP) is 2.91. The summed E-state index contributed by atoms with van der Waals surface area (Å²) < 4.78 is 19.6. The molecule has 1 heterocycles. The van der Waals surface area contributed by atoms with Crippen LogP contribution < -0.4 is 4.74 Å². The van der Waals surface area contributed by atoms with E-state index >= 15 is 0 Å². The van der Waals surface area contributed by atoms with E-state index in [0.29, 0.717) is 18.8 Å². The molecule has 5 heteroatoms. The molecule has 1 aromatic rings. The van der Waals surface area contributed by atoms with Crippen LogP contribution in [0.2, 0.25) is 0 Å². The maximum Gasteiger partial charge on any atom is 0.179 e. The zero-order chi connectivity index (χ0) is 12.3. The highest BCUT2D eigenvalue weighted by Crippen LogP contribution is 2.28. The topological polar surface area (TPSA) is 36.3 Å². The molecule has 0 radical (unpaired) electrons. The highest BCUT2D eigenvalue weighted by Gasteiger charge is 2.20. The molecule has 0 aliphatic carbocycles. The van der Waals surface area contributed by atoms with Gasteiger partial charge in [-0.25, -0.2) is 4.39 Å². The number of benzene rings is 1. The van der Waals surface area contributed by atoms with E-state index < -0.39 is 0 Å². The number of ether oxygens (including phenoxy) is 1. The van der Waals surface area contributed by atoms with E-state index in [0.717, 1.165) is 17.3 Å². The number of piperidine rings is 1. The summed E-state index contributed by atoms with van der Waals surface area (Å²) in [6.07, 6.45) is 3.75. The van der Waals surface area contributed by atoms with Gasteiger partial charge in [0.25, 0.3) is 0 Å². The Balaban J connectivity index is 1.98. The zero-order valence-electron chi connectivity index (χ0n) is 9.20. The summed E-state index contributed by atoms with van der Waals surface area (Å²) >= 11 is 3.33. The first-order valence-electron chi connectivity index (χ1n) is 5.45. The van der Waals surface area contributed by atoms with Gasteiger partial charge in [0, 0.05) is 32.0 Å². The second-order valence-electron chi connectivity index (χ2n) is 3.98. The maximum absolute atomic E-state index is 13.1. The van der Waals surface area contributed by atoms with Gasteiger partial charge >= 0.3 is 0 Å². The second-order valence-corrected chi connectivity index (χ2v) is 4.83. The molecule has 0 bridgehead atoms. The van der Waals surface area contributed by atoms with E-state index in [4.69, 9.17) is 10.00 Å². The highest BCUT2D eigenvalue weighted by atomic mass is 79.9. The molecule has 0 unspecified atom stereocenters. The summed E-state index contributed by atoms with van der Waals surface area (Å²) in [5, 5.41) is 8.73. The Hall–Kier alpha value is -1.28. The Morgan fingerprint density at radius 2 is 2.12 bits per heavy atom. The molecule has 1 aromatic carbocycles. The van der Waals surface area contributed by atoms with Crippen LogP contribution in [0.5, 0.6) is 5.75 Å². The van der Waals surface area contributed by atoms with Crippen LogP contribution >= 0.6 is 15.9 Å². The van der Waals surface area contributed by atoms with Gasteiger partial charge in [0.15, 0.2) is 6.19 Å². The molecule has 1 fully saturated rings. The number of rotatable bonds is 2. The lowest BCUT2D eigenvalue weighted by Gasteiger charge is -2.28. The fraction of sp³-hybridized carbons (Fsp3) is 0.417. The molecule has 0 saturated carbocycles. The quantitative estimate of drug-likeness (QED) is 0.788. The zero-order valence-corrected chi connectivity index (χ0v) is 10.8. The lowest BCUT2D eigenvalue weighted by atomic mass is 10.1.